The van der Waals surface area contributed by atoms with Gasteiger partial charge < -0.3 is 24.3 Å². The Morgan fingerprint density at radius 3 is 2.79 bits per heavy atom. The molecule has 3 saturated heterocycles. The van der Waals surface area contributed by atoms with Crippen LogP contribution in [0.2, 0.25) is 0 Å². The minimum atomic E-state index is 0. The molecule has 1 aromatic heterocycles. The zero-order chi connectivity index (χ0) is 18.6. The number of nitrogens with one attached hydrogen (secondary N) is 1. The van der Waals surface area contributed by atoms with Gasteiger partial charge in [0.15, 0.2) is 11.8 Å². The van der Waals surface area contributed by atoms with E-state index >= 15 is 0 Å². The zero-order valence-electron chi connectivity index (χ0n) is 17.0. The van der Waals surface area contributed by atoms with Crippen LogP contribution in [0.15, 0.2) is 4.99 Å². The normalized spacial score (nSPS) is 28.0. The van der Waals surface area contributed by atoms with Crippen molar-refractivity contribution in [3.63, 3.8) is 0 Å². The second-order valence-electron chi connectivity index (χ2n) is 8.00. The molecule has 0 aliphatic carbocycles. The Morgan fingerprint density at radius 1 is 1.21 bits per heavy atom. The molecule has 0 spiro atoms. The fraction of sp³-hybridized carbons (Fsp3) is 0.842. The number of likely N-dealkylation sites (tertiary alicyclic amines) is 1. The lowest BCUT2D eigenvalue weighted by atomic mass is 9.91. The highest BCUT2D eigenvalue weighted by Gasteiger charge is 2.33. The van der Waals surface area contributed by atoms with E-state index in [0.717, 1.165) is 69.9 Å². The van der Waals surface area contributed by atoms with Gasteiger partial charge in [0.25, 0.3) is 0 Å². The van der Waals surface area contributed by atoms with Gasteiger partial charge in [0, 0.05) is 46.5 Å². The summed E-state index contributed by atoms with van der Waals surface area (Å²) in [6.45, 7) is 8.16. The van der Waals surface area contributed by atoms with Crippen LogP contribution in [0.3, 0.4) is 0 Å². The molecule has 9 heteroatoms. The quantitative estimate of drug-likeness (QED) is 0.374. The molecule has 4 heterocycles. The maximum Gasteiger partial charge on any atom is 0.194 e. The molecule has 0 saturated carbocycles. The van der Waals surface area contributed by atoms with E-state index in [1.807, 2.05) is 18.5 Å². The highest BCUT2D eigenvalue weighted by atomic mass is 127. The molecule has 4 rings (SSSR count). The van der Waals surface area contributed by atoms with E-state index in [0.29, 0.717) is 24.5 Å². The number of guanidine groups is 1. The standard InChI is InChI=1S/C19H32N6O2.HI/c1-14-22-23-18(24(14)2)11-21-19(20-10-17-4-3-8-27-17)25-7-5-15(12-25)16-6-9-26-13-16;/h15-17H,3-13H2,1-2H3,(H,20,21);1H. The van der Waals surface area contributed by atoms with Gasteiger partial charge >= 0.3 is 0 Å². The highest BCUT2D eigenvalue weighted by molar-refractivity contribution is 14.0. The molecule has 158 valence electrons. The largest absolute Gasteiger partial charge is 0.381 e. The number of rotatable bonds is 5. The summed E-state index contributed by atoms with van der Waals surface area (Å²) < 4.78 is 13.4. The Bertz CT molecular complexity index is 655. The van der Waals surface area contributed by atoms with E-state index in [2.05, 4.69) is 20.4 Å². The molecule has 0 radical (unpaired) electrons. The van der Waals surface area contributed by atoms with Crippen LogP contribution in [0, 0.1) is 18.8 Å². The van der Waals surface area contributed by atoms with Crippen molar-refractivity contribution >= 4 is 29.9 Å². The number of ether oxygens (including phenoxy) is 2. The Morgan fingerprint density at radius 2 is 2.11 bits per heavy atom. The van der Waals surface area contributed by atoms with Crippen LogP contribution in [-0.4, -0.2) is 71.2 Å². The monoisotopic (exact) mass is 504 g/mol. The third kappa shape index (κ3) is 5.15. The van der Waals surface area contributed by atoms with E-state index in [1.165, 1.54) is 12.8 Å². The first-order chi connectivity index (χ1) is 13.2. The predicted molar refractivity (Wildman–Crippen MR) is 118 cm³/mol. The first kappa shape index (κ1) is 21.8. The Hall–Kier alpha value is -0.940. The Labute approximate surface area is 184 Å². The number of hydrogen-bond acceptors (Lipinski definition) is 5. The van der Waals surface area contributed by atoms with Crippen molar-refractivity contribution < 1.29 is 9.47 Å². The van der Waals surface area contributed by atoms with Crippen molar-refractivity contribution in [2.45, 2.75) is 45.3 Å². The summed E-state index contributed by atoms with van der Waals surface area (Å²) >= 11 is 0. The molecule has 0 aromatic carbocycles. The highest BCUT2D eigenvalue weighted by Crippen LogP contribution is 2.30. The number of nitrogens with zero attached hydrogens (tertiary/aromatic N) is 5. The summed E-state index contributed by atoms with van der Waals surface area (Å²) in [6, 6.07) is 0. The fourth-order valence-corrected chi connectivity index (χ4v) is 4.30. The van der Waals surface area contributed by atoms with Gasteiger partial charge in [-0.05, 0) is 44.4 Å². The molecule has 3 unspecified atom stereocenters. The van der Waals surface area contributed by atoms with E-state index in [9.17, 15) is 0 Å². The first-order valence-electron chi connectivity index (χ1n) is 10.3. The van der Waals surface area contributed by atoms with Gasteiger partial charge in [0.1, 0.15) is 12.4 Å². The number of hydrogen-bond donors (Lipinski definition) is 1. The molecule has 3 aliphatic rings. The van der Waals surface area contributed by atoms with Gasteiger partial charge in [-0.3, -0.25) is 0 Å². The van der Waals surface area contributed by atoms with E-state index in [4.69, 9.17) is 14.5 Å². The van der Waals surface area contributed by atoms with Crippen LogP contribution in [-0.2, 0) is 23.1 Å². The molecule has 3 fully saturated rings. The third-order valence-corrected chi connectivity index (χ3v) is 6.22. The van der Waals surface area contributed by atoms with Gasteiger partial charge in [0.05, 0.1) is 6.10 Å². The molecule has 0 bridgehead atoms. The van der Waals surface area contributed by atoms with Crippen molar-refractivity contribution in [1.82, 2.24) is 25.0 Å². The minimum absolute atomic E-state index is 0. The van der Waals surface area contributed by atoms with Gasteiger partial charge in [0.2, 0.25) is 0 Å². The summed E-state index contributed by atoms with van der Waals surface area (Å²) in [4.78, 5) is 7.30. The van der Waals surface area contributed by atoms with Crippen LogP contribution in [0.5, 0.6) is 0 Å². The van der Waals surface area contributed by atoms with Crippen molar-refractivity contribution in [3.05, 3.63) is 11.6 Å². The predicted octanol–water partition coefficient (Wildman–Crippen LogP) is 1.72. The Balaban J connectivity index is 0.00000225. The molecule has 1 aromatic rings. The molecule has 3 atom stereocenters. The Kier molecular flexibility index (Phi) is 7.93. The number of aryl methyl sites for hydroxylation is 1. The number of aromatic nitrogens is 3. The molecular weight excluding hydrogens is 471 g/mol. The molecule has 3 aliphatic heterocycles. The molecule has 1 N–H and O–H groups in total. The average Bonchev–Trinajstić information content (AvgIpc) is 3.45. The topological polar surface area (TPSA) is 76.8 Å². The summed E-state index contributed by atoms with van der Waals surface area (Å²) in [6.07, 6.45) is 5.01. The number of halogens is 1. The van der Waals surface area contributed by atoms with Crippen molar-refractivity contribution in [3.8, 4) is 0 Å². The fourth-order valence-electron chi connectivity index (χ4n) is 4.30. The van der Waals surface area contributed by atoms with Crippen molar-refractivity contribution in [2.24, 2.45) is 23.9 Å². The van der Waals surface area contributed by atoms with Crippen LogP contribution < -0.4 is 5.32 Å². The van der Waals surface area contributed by atoms with Gasteiger partial charge in [-0.25, -0.2) is 4.99 Å². The summed E-state index contributed by atoms with van der Waals surface area (Å²) in [7, 11) is 1.99. The second kappa shape index (κ2) is 10.2. The first-order valence-corrected chi connectivity index (χ1v) is 10.3. The lowest BCUT2D eigenvalue weighted by Crippen LogP contribution is -2.43. The van der Waals surface area contributed by atoms with Crippen LogP contribution in [0.1, 0.15) is 37.3 Å². The smallest absolute Gasteiger partial charge is 0.194 e. The second-order valence-corrected chi connectivity index (χ2v) is 8.00. The van der Waals surface area contributed by atoms with Gasteiger partial charge in [-0.1, -0.05) is 0 Å². The molecule has 8 nitrogen and oxygen atoms in total. The maximum atomic E-state index is 5.77. The average molecular weight is 504 g/mol. The molecule has 0 amide bonds. The zero-order valence-corrected chi connectivity index (χ0v) is 19.3. The maximum absolute atomic E-state index is 5.77. The summed E-state index contributed by atoms with van der Waals surface area (Å²) in [5, 5.41) is 12.0. The summed E-state index contributed by atoms with van der Waals surface area (Å²) in [5.74, 6) is 4.20. The van der Waals surface area contributed by atoms with E-state index in [-0.39, 0.29) is 24.0 Å². The third-order valence-electron chi connectivity index (χ3n) is 6.22. The summed E-state index contributed by atoms with van der Waals surface area (Å²) in [5.41, 5.74) is 0. The van der Waals surface area contributed by atoms with Crippen molar-refractivity contribution in [1.29, 1.82) is 0 Å². The van der Waals surface area contributed by atoms with Gasteiger partial charge in [-0.2, -0.15) is 0 Å². The molecule has 28 heavy (non-hydrogen) atoms. The van der Waals surface area contributed by atoms with Crippen LogP contribution in [0.4, 0.5) is 0 Å². The minimum Gasteiger partial charge on any atom is -0.381 e. The van der Waals surface area contributed by atoms with Crippen molar-refractivity contribution in [2.75, 3.05) is 39.5 Å². The molecular formula is C19H33IN6O2. The van der Waals surface area contributed by atoms with E-state index < -0.39 is 0 Å². The van der Waals surface area contributed by atoms with Crippen LogP contribution >= 0.6 is 24.0 Å². The SMILES string of the molecule is Cc1nnc(CN=C(NCC2CCCO2)N2CCC(C3CCOC3)C2)n1C.I. The lowest BCUT2D eigenvalue weighted by molar-refractivity contribution is 0.113. The van der Waals surface area contributed by atoms with Crippen LogP contribution in [0.25, 0.3) is 0 Å². The number of aliphatic imine (C=N–C) groups is 1. The van der Waals surface area contributed by atoms with E-state index in [1.54, 1.807) is 0 Å². The van der Waals surface area contributed by atoms with Gasteiger partial charge in [-0.15, -0.1) is 34.2 Å². The lowest BCUT2D eigenvalue weighted by Gasteiger charge is -2.24.